The number of fused-ring (bicyclic) bond motifs is 2. The second-order valence-electron chi connectivity index (χ2n) is 6.26. The van der Waals surface area contributed by atoms with Crippen molar-refractivity contribution in [3.05, 3.63) is 41.0 Å². The zero-order chi connectivity index (χ0) is 15.3. The smallest absolute Gasteiger partial charge is 0.178 e. The van der Waals surface area contributed by atoms with Crippen LogP contribution in [0.3, 0.4) is 0 Å². The summed E-state index contributed by atoms with van der Waals surface area (Å²) in [6.45, 7) is 4.21. The van der Waals surface area contributed by atoms with Crippen LogP contribution < -0.4 is 4.74 Å². The van der Waals surface area contributed by atoms with Gasteiger partial charge in [0.2, 0.25) is 0 Å². The largest absolute Gasteiger partial charge is 0.487 e. The second-order valence-corrected chi connectivity index (χ2v) is 6.70. The Morgan fingerprint density at radius 3 is 2.91 bits per heavy atom. The lowest BCUT2D eigenvalue weighted by atomic mass is 9.92. The minimum atomic E-state index is -0.181. The molecule has 1 aliphatic heterocycles. The van der Waals surface area contributed by atoms with E-state index in [2.05, 4.69) is 28.8 Å². The molecule has 0 unspecified atom stereocenters. The van der Waals surface area contributed by atoms with Crippen LogP contribution in [-0.2, 0) is 6.42 Å². The number of hydrogen-bond donors (Lipinski definition) is 1. The van der Waals surface area contributed by atoms with E-state index in [1.807, 2.05) is 24.3 Å². The number of imidazole rings is 1. The topological polar surface area (TPSA) is 50.8 Å². The Morgan fingerprint density at radius 2 is 2.13 bits per heavy atom. The summed E-state index contributed by atoms with van der Waals surface area (Å²) in [5.41, 5.74) is 3.45. The molecule has 3 aromatic rings. The van der Waals surface area contributed by atoms with Crippen molar-refractivity contribution >= 4 is 35.2 Å². The third-order valence-electron chi connectivity index (χ3n) is 4.02. The van der Waals surface area contributed by atoms with E-state index in [1.165, 1.54) is 0 Å². The van der Waals surface area contributed by atoms with Crippen molar-refractivity contribution < 1.29 is 4.74 Å². The monoisotopic (exact) mass is 349 g/mol. The van der Waals surface area contributed by atoms with Crippen molar-refractivity contribution in [2.24, 2.45) is 0 Å². The van der Waals surface area contributed by atoms with E-state index in [0.29, 0.717) is 10.7 Å². The molecule has 0 saturated heterocycles. The third kappa shape index (κ3) is 2.89. The van der Waals surface area contributed by atoms with E-state index in [9.17, 15) is 0 Å². The van der Waals surface area contributed by atoms with Crippen LogP contribution in [-0.4, -0.2) is 20.6 Å². The van der Waals surface area contributed by atoms with Crippen molar-refractivity contribution in [2.45, 2.75) is 32.3 Å². The molecule has 0 spiro atoms. The number of pyridine rings is 1. The lowest BCUT2D eigenvalue weighted by Crippen LogP contribution is -2.32. The molecule has 1 aliphatic rings. The number of rotatable bonds is 1. The fourth-order valence-electron chi connectivity index (χ4n) is 2.87. The Morgan fingerprint density at radius 1 is 1.30 bits per heavy atom. The maximum Gasteiger partial charge on any atom is 0.178 e. The lowest BCUT2D eigenvalue weighted by Gasteiger charge is -2.33. The number of hydrogen-bond acceptors (Lipinski definition) is 3. The normalized spacial score (nSPS) is 15.6. The molecule has 6 heteroatoms. The highest BCUT2D eigenvalue weighted by Crippen LogP contribution is 2.42. The fraction of sp³-hybridized carbons (Fsp3) is 0.294. The first kappa shape index (κ1) is 16.1. The molecule has 0 bridgehead atoms. The molecule has 0 radical (unpaired) electrons. The van der Waals surface area contributed by atoms with Crippen molar-refractivity contribution in [3.63, 3.8) is 0 Å². The van der Waals surface area contributed by atoms with Gasteiger partial charge in [0.1, 0.15) is 17.2 Å². The van der Waals surface area contributed by atoms with Gasteiger partial charge in [-0.05, 0) is 56.5 Å². The van der Waals surface area contributed by atoms with Crippen LogP contribution in [0.15, 0.2) is 30.5 Å². The Bertz CT molecular complexity index is 840. The van der Waals surface area contributed by atoms with Crippen LogP contribution in [0.1, 0.15) is 25.8 Å². The SMILES string of the molecule is CC1(C)CCc2cc(Cl)cc(-c3nc4ncccc4[nH]3)c2O1.Cl. The van der Waals surface area contributed by atoms with Gasteiger partial charge in [-0.25, -0.2) is 9.97 Å². The van der Waals surface area contributed by atoms with Crippen LogP contribution in [0.4, 0.5) is 0 Å². The van der Waals surface area contributed by atoms with Crippen LogP contribution in [0.25, 0.3) is 22.6 Å². The number of nitrogens with zero attached hydrogens (tertiary/aromatic N) is 2. The molecule has 2 aromatic heterocycles. The van der Waals surface area contributed by atoms with Gasteiger partial charge in [-0.15, -0.1) is 12.4 Å². The molecule has 4 nitrogen and oxygen atoms in total. The number of H-pyrrole nitrogens is 1. The first-order chi connectivity index (χ1) is 10.5. The molecule has 3 heterocycles. The van der Waals surface area contributed by atoms with E-state index in [1.54, 1.807) is 6.20 Å². The highest BCUT2D eigenvalue weighted by atomic mass is 35.5. The van der Waals surface area contributed by atoms with E-state index in [-0.39, 0.29) is 18.0 Å². The maximum absolute atomic E-state index is 6.29. The van der Waals surface area contributed by atoms with E-state index in [4.69, 9.17) is 16.3 Å². The van der Waals surface area contributed by atoms with Crippen molar-refractivity contribution in [2.75, 3.05) is 0 Å². The summed E-state index contributed by atoms with van der Waals surface area (Å²) in [5, 5.41) is 0.700. The zero-order valence-electron chi connectivity index (χ0n) is 12.9. The minimum Gasteiger partial charge on any atom is -0.487 e. The van der Waals surface area contributed by atoms with Crippen LogP contribution in [0.5, 0.6) is 5.75 Å². The Balaban J connectivity index is 0.00000156. The standard InChI is InChI=1S/C17H16ClN3O.ClH/c1-17(2)6-5-10-8-11(18)9-12(14(10)22-17)15-20-13-4-3-7-19-16(13)21-15;/h3-4,7-9H,5-6H2,1-2H3,(H,19,20,21);1H. The lowest BCUT2D eigenvalue weighted by molar-refractivity contribution is 0.0854. The van der Waals surface area contributed by atoms with Gasteiger partial charge < -0.3 is 9.72 Å². The summed E-state index contributed by atoms with van der Waals surface area (Å²) < 4.78 is 6.22. The highest BCUT2D eigenvalue weighted by molar-refractivity contribution is 6.31. The average Bonchev–Trinajstić information content (AvgIpc) is 2.90. The number of benzene rings is 1. The average molecular weight is 350 g/mol. The molecule has 120 valence electrons. The Kier molecular flexibility index (Phi) is 3.98. The number of halogens is 2. The number of aryl methyl sites for hydroxylation is 1. The number of ether oxygens (including phenoxy) is 1. The summed E-state index contributed by atoms with van der Waals surface area (Å²) in [5.74, 6) is 1.62. The predicted molar refractivity (Wildman–Crippen MR) is 94.6 cm³/mol. The summed E-state index contributed by atoms with van der Waals surface area (Å²) in [4.78, 5) is 12.2. The first-order valence-corrected chi connectivity index (χ1v) is 7.72. The van der Waals surface area contributed by atoms with Crippen molar-refractivity contribution in [3.8, 4) is 17.1 Å². The molecule has 0 amide bonds. The number of aromatic nitrogens is 3. The maximum atomic E-state index is 6.29. The number of aromatic amines is 1. The number of nitrogens with one attached hydrogen (secondary N) is 1. The highest BCUT2D eigenvalue weighted by Gasteiger charge is 2.29. The second kappa shape index (κ2) is 5.69. The van der Waals surface area contributed by atoms with Crippen LogP contribution in [0, 0.1) is 0 Å². The van der Waals surface area contributed by atoms with Gasteiger partial charge >= 0.3 is 0 Å². The summed E-state index contributed by atoms with van der Waals surface area (Å²) in [6, 6.07) is 7.73. The molecular formula is C17H17Cl2N3O. The molecule has 0 saturated carbocycles. The summed E-state index contributed by atoms with van der Waals surface area (Å²) in [6.07, 6.45) is 3.66. The van der Waals surface area contributed by atoms with E-state index in [0.717, 1.165) is 41.1 Å². The van der Waals surface area contributed by atoms with Gasteiger partial charge in [-0.3, -0.25) is 0 Å². The Labute approximate surface area is 145 Å². The van der Waals surface area contributed by atoms with Gasteiger partial charge in [0.05, 0.1) is 11.1 Å². The molecule has 0 atom stereocenters. The zero-order valence-corrected chi connectivity index (χ0v) is 14.5. The minimum absolute atomic E-state index is 0. The fourth-order valence-corrected chi connectivity index (χ4v) is 3.11. The van der Waals surface area contributed by atoms with E-state index >= 15 is 0 Å². The van der Waals surface area contributed by atoms with Gasteiger partial charge in [0.15, 0.2) is 5.65 Å². The van der Waals surface area contributed by atoms with Gasteiger partial charge in [0, 0.05) is 11.2 Å². The quantitative estimate of drug-likeness (QED) is 0.686. The van der Waals surface area contributed by atoms with Gasteiger partial charge in [0.25, 0.3) is 0 Å². The summed E-state index contributed by atoms with van der Waals surface area (Å²) >= 11 is 6.29. The van der Waals surface area contributed by atoms with Gasteiger partial charge in [-0.2, -0.15) is 0 Å². The van der Waals surface area contributed by atoms with Crippen LogP contribution >= 0.6 is 24.0 Å². The predicted octanol–water partition coefficient (Wildman–Crippen LogP) is 4.80. The summed E-state index contributed by atoms with van der Waals surface area (Å²) in [7, 11) is 0. The van der Waals surface area contributed by atoms with Crippen molar-refractivity contribution in [1.29, 1.82) is 0 Å². The van der Waals surface area contributed by atoms with Crippen LogP contribution in [0.2, 0.25) is 5.02 Å². The van der Waals surface area contributed by atoms with E-state index < -0.39 is 0 Å². The molecule has 4 rings (SSSR count). The molecule has 1 aromatic carbocycles. The van der Waals surface area contributed by atoms with Gasteiger partial charge in [-0.1, -0.05) is 11.6 Å². The molecule has 1 N–H and O–H groups in total. The van der Waals surface area contributed by atoms with Crippen molar-refractivity contribution in [1.82, 2.24) is 15.0 Å². The molecule has 0 fully saturated rings. The molecular weight excluding hydrogens is 333 g/mol. The molecule has 23 heavy (non-hydrogen) atoms. The molecule has 0 aliphatic carbocycles. The third-order valence-corrected chi connectivity index (χ3v) is 4.24. The Hall–Kier alpha value is -1.78. The first-order valence-electron chi connectivity index (χ1n) is 7.34.